The third-order valence-corrected chi connectivity index (χ3v) is 4.02. The van der Waals surface area contributed by atoms with Gasteiger partial charge in [0.1, 0.15) is 5.02 Å². The Hall–Kier alpha value is -1.73. The van der Waals surface area contributed by atoms with Crippen LogP contribution in [-0.4, -0.2) is 22.3 Å². The van der Waals surface area contributed by atoms with Crippen LogP contribution in [-0.2, 0) is 0 Å². The molecular weight excluding hydrogens is 324 g/mol. The van der Waals surface area contributed by atoms with Crippen LogP contribution in [0.25, 0.3) is 0 Å². The number of hydrogen-bond donors (Lipinski definition) is 2. The summed E-state index contributed by atoms with van der Waals surface area (Å²) in [4.78, 5) is 10.3. The van der Waals surface area contributed by atoms with Gasteiger partial charge in [0, 0.05) is 17.7 Å². The zero-order valence-electron chi connectivity index (χ0n) is 11.9. The minimum absolute atomic E-state index is 0.101. The van der Waals surface area contributed by atoms with E-state index in [1.807, 2.05) is 0 Å². The Morgan fingerprint density at radius 3 is 2.82 bits per heavy atom. The molecular formula is C14H17ClN4O2S. The van der Waals surface area contributed by atoms with Crippen LogP contribution in [0.1, 0.15) is 37.7 Å². The van der Waals surface area contributed by atoms with E-state index in [9.17, 15) is 10.1 Å². The number of hydrazone groups is 1. The Morgan fingerprint density at radius 1 is 1.41 bits per heavy atom. The minimum Gasteiger partial charge on any atom is -0.359 e. The summed E-state index contributed by atoms with van der Waals surface area (Å²) in [6.45, 7) is 0. The zero-order chi connectivity index (χ0) is 15.9. The first kappa shape index (κ1) is 16.6. The van der Waals surface area contributed by atoms with E-state index in [-0.39, 0.29) is 10.7 Å². The molecule has 1 saturated carbocycles. The Balaban J connectivity index is 1.87. The van der Waals surface area contributed by atoms with Crippen molar-refractivity contribution in [2.45, 2.75) is 38.1 Å². The normalized spacial score (nSPS) is 15.7. The number of nitrogens with one attached hydrogen (secondary N) is 2. The van der Waals surface area contributed by atoms with Crippen LogP contribution >= 0.6 is 23.8 Å². The first-order valence-electron chi connectivity index (χ1n) is 7.10. The first-order chi connectivity index (χ1) is 10.6. The number of hydrogen-bond acceptors (Lipinski definition) is 4. The fraction of sp³-hybridized carbons (Fsp3) is 0.429. The average Bonchev–Trinajstić information content (AvgIpc) is 2.49. The number of nitro benzene ring substituents is 1. The largest absolute Gasteiger partial charge is 0.359 e. The van der Waals surface area contributed by atoms with Gasteiger partial charge in [0.05, 0.1) is 11.1 Å². The van der Waals surface area contributed by atoms with Crippen molar-refractivity contribution in [2.24, 2.45) is 5.10 Å². The monoisotopic (exact) mass is 340 g/mol. The molecule has 0 atom stereocenters. The van der Waals surface area contributed by atoms with E-state index in [1.165, 1.54) is 37.6 Å². The summed E-state index contributed by atoms with van der Waals surface area (Å²) in [7, 11) is 0. The summed E-state index contributed by atoms with van der Waals surface area (Å²) in [5.74, 6) is 0. The van der Waals surface area contributed by atoms with Crippen molar-refractivity contribution in [3.8, 4) is 0 Å². The molecule has 0 bridgehead atoms. The lowest BCUT2D eigenvalue weighted by atomic mass is 9.96. The second kappa shape index (κ2) is 8.05. The highest BCUT2D eigenvalue weighted by molar-refractivity contribution is 7.80. The number of nitrogens with zero attached hydrogens (tertiary/aromatic N) is 2. The molecule has 0 aromatic heterocycles. The number of halogens is 1. The average molecular weight is 341 g/mol. The Bertz CT molecular complexity index is 588. The van der Waals surface area contributed by atoms with Gasteiger partial charge < -0.3 is 5.32 Å². The number of thiocarbonyl (C=S) groups is 1. The molecule has 1 aliphatic carbocycles. The lowest BCUT2D eigenvalue weighted by molar-refractivity contribution is -0.384. The van der Waals surface area contributed by atoms with Gasteiger partial charge in [-0.2, -0.15) is 5.10 Å². The Morgan fingerprint density at radius 2 is 2.14 bits per heavy atom. The summed E-state index contributed by atoms with van der Waals surface area (Å²) in [6.07, 6.45) is 7.43. The van der Waals surface area contributed by atoms with Crippen molar-refractivity contribution in [1.82, 2.24) is 10.7 Å². The molecule has 1 aromatic carbocycles. The molecule has 0 saturated heterocycles. The van der Waals surface area contributed by atoms with E-state index in [0.717, 1.165) is 12.8 Å². The smallest absolute Gasteiger partial charge is 0.288 e. The summed E-state index contributed by atoms with van der Waals surface area (Å²) >= 11 is 10.9. The minimum atomic E-state index is -0.525. The van der Waals surface area contributed by atoms with E-state index >= 15 is 0 Å². The third-order valence-electron chi connectivity index (χ3n) is 3.49. The van der Waals surface area contributed by atoms with Gasteiger partial charge in [-0.05, 0) is 31.1 Å². The molecule has 0 unspecified atom stereocenters. The standard InChI is InChI=1S/C14H17ClN4O2S/c15-12-7-6-10(8-13(12)19(20)21)9-16-18-14(22)17-11-4-2-1-3-5-11/h6-9,11H,1-5H2,(H2,17,18,22)/b16-9-. The van der Waals surface area contributed by atoms with Crippen LogP contribution in [0, 0.1) is 10.1 Å². The van der Waals surface area contributed by atoms with Crippen molar-refractivity contribution < 1.29 is 4.92 Å². The number of nitro groups is 1. The summed E-state index contributed by atoms with van der Waals surface area (Å²) in [5.41, 5.74) is 3.16. The topological polar surface area (TPSA) is 79.6 Å². The van der Waals surface area contributed by atoms with E-state index in [4.69, 9.17) is 23.8 Å². The highest BCUT2D eigenvalue weighted by Gasteiger charge is 2.14. The second-order valence-electron chi connectivity index (χ2n) is 5.15. The van der Waals surface area contributed by atoms with Gasteiger partial charge in [-0.3, -0.25) is 15.5 Å². The molecule has 22 heavy (non-hydrogen) atoms. The maximum atomic E-state index is 10.8. The molecule has 118 valence electrons. The SMILES string of the molecule is O=[N+]([O-])c1cc(/C=N\NC(=S)NC2CCCCC2)ccc1Cl. The molecule has 0 amide bonds. The predicted molar refractivity (Wildman–Crippen MR) is 91.4 cm³/mol. The molecule has 0 radical (unpaired) electrons. The summed E-state index contributed by atoms with van der Waals surface area (Å²) < 4.78 is 0. The van der Waals surface area contributed by atoms with Crippen molar-refractivity contribution in [1.29, 1.82) is 0 Å². The van der Waals surface area contributed by atoms with Gasteiger partial charge in [-0.15, -0.1) is 0 Å². The van der Waals surface area contributed by atoms with Crippen LogP contribution in [0.2, 0.25) is 5.02 Å². The van der Waals surface area contributed by atoms with Crippen molar-refractivity contribution in [2.75, 3.05) is 0 Å². The molecule has 1 aliphatic rings. The van der Waals surface area contributed by atoms with Crippen LogP contribution < -0.4 is 10.7 Å². The summed E-state index contributed by atoms with van der Waals surface area (Å²) in [5, 5.41) is 18.6. The zero-order valence-corrected chi connectivity index (χ0v) is 13.5. The summed E-state index contributed by atoms with van der Waals surface area (Å²) in [6, 6.07) is 4.89. The molecule has 2 rings (SSSR count). The van der Waals surface area contributed by atoms with Crippen molar-refractivity contribution >= 4 is 40.8 Å². The maximum absolute atomic E-state index is 10.8. The molecule has 2 N–H and O–H groups in total. The van der Waals surface area contributed by atoms with Gasteiger partial charge >= 0.3 is 0 Å². The number of rotatable bonds is 4. The van der Waals surface area contributed by atoms with Gasteiger partial charge in [0.2, 0.25) is 0 Å². The fourth-order valence-corrected chi connectivity index (χ4v) is 2.79. The molecule has 1 fully saturated rings. The Kier molecular flexibility index (Phi) is 6.09. The molecule has 6 nitrogen and oxygen atoms in total. The van der Waals surface area contributed by atoms with E-state index in [1.54, 1.807) is 6.07 Å². The molecule has 0 spiro atoms. The third kappa shape index (κ3) is 4.92. The van der Waals surface area contributed by atoms with E-state index < -0.39 is 4.92 Å². The molecule has 0 heterocycles. The van der Waals surface area contributed by atoms with Crippen LogP contribution in [0.4, 0.5) is 5.69 Å². The van der Waals surface area contributed by atoms with Gasteiger partial charge in [-0.1, -0.05) is 36.9 Å². The first-order valence-corrected chi connectivity index (χ1v) is 7.88. The van der Waals surface area contributed by atoms with Gasteiger partial charge in [0.15, 0.2) is 5.11 Å². The Labute approximate surface area is 139 Å². The quantitative estimate of drug-likeness (QED) is 0.380. The second-order valence-corrected chi connectivity index (χ2v) is 5.96. The predicted octanol–water partition coefficient (Wildman–Crippen LogP) is 3.38. The molecule has 1 aromatic rings. The van der Waals surface area contributed by atoms with Crippen molar-refractivity contribution in [3.63, 3.8) is 0 Å². The van der Waals surface area contributed by atoms with Gasteiger partial charge in [0.25, 0.3) is 5.69 Å². The van der Waals surface area contributed by atoms with Gasteiger partial charge in [-0.25, -0.2) is 0 Å². The fourth-order valence-electron chi connectivity index (χ4n) is 2.38. The molecule has 0 aliphatic heterocycles. The number of benzene rings is 1. The molecule has 8 heteroatoms. The van der Waals surface area contributed by atoms with Crippen LogP contribution in [0.3, 0.4) is 0 Å². The van der Waals surface area contributed by atoms with Crippen LogP contribution in [0.15, 0.2) is 23.3 Å². The lowest BCUT2D eigenvalue weighted by Crippen LogP contribution is -2.40. The lowest BCUT2D eigenvalue weighted by Gasteiger charge is -2.23. The maximum Gasteiger partial charge on any atom is 0.288 e. The van der Waals surface area contributed by atoms with Crippen molar-refractivity contribution in [3.05, 3.63) is 38.9 Å². The van der Waals surface area contributed by atoms with E-state index in [2.05, 4.69) is 15.8 Å². The van der Waals surface area contributed by atoms with E-state index in [0.29, 0.717) is 16.7 Å². The van der Waals surface area contributed by atoms with Crippen LogP contribution in [0.5, 0.6) is 0 Å². The highest BCUT2D eigenvalue weighted by atomic mass is 35.5. The highest BCUT2D eigenvalue weighted by Crippen LogP contribution is 2.24.